The third kappa shape index (κ3) is 3.83. The van der Waals surface area contributed by atoms with Crippen molar-refractivity contribution >= 4 is 16.9 Å². The first-order valence-corrected chi connectivity index (χ1v) is 12.9. The van der Waals surface area contributed by atoms with Gasteiger partial charge in [0.05, 0.1) is 42.5 Å². The van der Waals surface area contributed by atoms with E-state index in [0.29, 0.717) is 41.1 Å². The molecule has 3 aliphatic heterocycles. The minimum atomic E-state index is -1.51. The van der Waals surface area contributed by atoms with Crippen molar-refractivity contribution in [2.45, 2.75) is 64.3 Å². The first kappa shape index (κ1) is 24.1. The van der Waals surface area contributed by atoms with Gasteiger partial charge in [-0.2, -0.15) is 0 Å². The number of pyridine rings is 2. The Morgan fingerprint density at radius 2 is 1.95 bits per heavy atom. The number of methoxy groups -OCH3 is 1. The average Bonchev–Trinajstić information content (AvgIpc) is 3.20. The van der Waals surface area contributed by atoms with Crippen LogP contribution in [0.4, 0.5) is 4.39 Å². The van der Waals surface area contributed by atoms with Crippen molar-refractivity contribution in [3.8, 4) is 17.1 Å². The topological polar surface area (TPSA) is 93.9 Å². The number of halogens is 1. The van der Waals surface area contributed by atoms with Crippen LogP contribution in [0.1, 0.15) is 61.3 Å². The molecule has 0 radical (unpaired) electrons. The number of hydrogen-bond donors (Lipinski definition) is 1. The van der Waals surface area contributed by atoms with Crippen LogP contribution in [0.25, 0.3) is 22.3 Å². The standard InChI is InChI=1S/C28H30FN3O5/c1-3-28(35)12-25(33)37-15-19-20(28)10-23-26-18(14-32(23)27(19)34)17(13-31-7-5-4-6-8-31)16-9-24(36-2)21(29)11-22(16)30-26/h9-11,35H,3-8,12-15H2,1-2H3. The lowest BCUT2D eigenvalue weighted by Crippen LogP contribution is -2.32. The lowest BCUT2D eigenvalue weighted by atomic mass is 9.85. The van der Waals surface area contributed by atoms with Crippen molar-refractivity contribution < 1.29 is 23.8 Å². The predicted molar refractivity (Wildman–Crippen MR) is 135 cm³/mol. The minimum Gasteiger partial charge on any atom is -0.494 e. The van der Waals surface area contributed by atoms with Crippen molar-refractivity contribution in [2.75, 3.05) is 20.2 Å². The monoisotopic (exact) mass is 507 g/mol. The Bertz CT molecular complexity index is 1490. The summed E-state index contributed by atoms with van der Waals surface area (Å²) in [5.41, 5.74) is 2.49. The fourth-order valence-electron chi connectivity index (χ4n) is 6.04. The second-order valence-corrected chi connectivity index (χ2v) is 10.3. The van der Waals surface area contributed by atoms with E-state index in [1.807, 2.05) is 0 Å². The van der Waals surface area contributed by atoms with E-state index in [4.69, 9.17) is 14.5 Å². The highest BCUT2D eigenvalue weighted by atomic mass is 19.1. The number of fused-ring (bicyclic) bond motifs is 5. The molecular weight excluding hydrogens is 477 g/mol. The van der Waals surface area contributed by atoms with Gasteiger partial charge in [0.15, 0.2) is 11.6 Å². The van der Waals surface area contributed by atoms with Crippen molar-refractivity contribution in [3.05, 3.63) is 56.6 Å². The van der Waals surface area contributed by atoms with Crippen molar-refractivity contribution in [1.82, 2.24) is 14.5 Å². The van der Waals surface area contributed by atoms with Crippen molar-refractivity contribution in [3.63, 3.8) is 0 Å². The summed E-state index contributed by atoms with van der Waals surface area (Å²) < 4.78 is 27.0. The van der Waals surface area contributed by atoms with Crippen molar-refractivity contribution in [1.29, 1.82) is 0 Å². The zero-order chi connectivity index (χ0) is 25.9. The van der Waals surface area contributed by atoms with Crippen LogP contribution in [0.5, 0.6) is 5.75 Å². The lowest BCUT2D eigenvalue weighted by molar-refractivity contribution is -0.149. The summed E-state index contributed by atoms with van der Waals surface area (Å²) in [5, 5.41) is 12.2. The van der Waals surface area contributed by atoms with Crippen LogP contribution < -0.4 is 10.3 Å². The maximum atomic E-state index is 14.8. The summed E-state index contributed by atoms with van der Waals surface area (Å²) in [6.45, 7) is 4.53. The predicted octanol–water partition coefficient (Wildman–Crippen LogP) is 3.60. The number of ether oxygens (including phenoxy) is 2. The number of carbonyl (C=O) groups is 1. The van der Waals surface area contributed by atoms with Gasteiger partial charge in [-0.3, -0.25) is 14.5 Å². The molecule has 2 aromatic heterocycles. The van der Waals surface area contributed by atoms with Gasteiger partial charge in [-0.25, -0.2) is 9.37 Å². The third-order valence-corrected chi connectivity index (χ3v) is 8.17. The summed E-state index contributed by atoms with van der Waals surface area (Å²) in [7, 11) is 1.44. The molecule has 1 atom stereocenters. The number of carbonyl (C=O) groups excluding carboxylic acids is 1. The van der Waals surface area contributed by atoms with E-state index in [0.717, 1.165) is 42.4 Å². The fourth-order valence-corrected chi connectivity index (χ4v) is 6.04. The number of aliphatic hydroxyl groups is 1. The maximum absolute atomic E-state index is 14.8. The zero-order valence-electron chi connectivity index (χ0n) is 21.1. The van der Waals surface area contributed by atoms with Gasteiger partial charge in [0.25, 0.3) is 5.56 Å². The number of benzene rings is 1. The Labute approximate surface area is 213 Å². The minimum absolute atomic E-state index is 0.156. The first-order chi connectivity index (χ1) is 17.8. The van der Waals surface area contributed by atoms with Crippen molar-refractivity contribution in [2.24, 2.45) is 0 Å². The third-order valence-electron chi connectivity index (χ3n) is 8.17. The molecule has 9 heteroatoms. The number of likely N-dealkylation sites (tertiary alicyclic amines) is 1. The van der Waals surface area contributed by atoms with Gasteiger partial charge < -0.3 is 19.1 Å². The maximum Gasteiger partial charge on any atom is 0.309 e. The Morgan fingerprint density at radius 1 is 1.16 bits per heavy atom. The van der Waals surface area contributed by atoms with Crippen LogP contribution in [0.15, 0.2) is 23.0 Å². The number of esters is 1. The molecule has 1 saturated heterocycles. The van der Waals surface area contributed by atoms with Gasteiger partial charge in [-0.15, -0.1) is 0 Å². The van der Waals surface area contributed by atoms with E-state index in [2.05, 4.69) is 4.90 Å². The molecule has 3 aliphatic rings. The summed E-state index contributed by atoms with van der Waals surface area (Å²) >= 11 is 0. The molecule has 3 aromatic rings. The number of cyclic esters (lactones) is 1. The van der Waals surface area contributed by atoms with E-state index < -0.39 is 17.4 Å². The number of aromatic nitrogens is 2. The van der Waals surface area contributed by atoms with Gasteiger partial charge in [0.1, 0.15) is 12.2 Å². The highest BCUT2D eigenvalue weighted by Gasteiger charge is 2.40. The van der Waals surface area contributed by atoms with Crippen LogP contribution in [-0.2, 0) is 34.8 Å². The molecule has 0 amide bonds. The van der Waals surface area contributed by atoms with E-state index in [1.54, 1.807) is 23.6 Å². The molecule has 1 fully saturated rings. The first-order valence-electron chi connectivity index (χ1n) is 12.9. The van der Waals surface area contributed by atoms with E-state index in [1.165, 1.54) is 19.6 Å². The van der Waals surface area contributed by atoms with Gasteiger partial charge >= 0.3 is 5.97 Å². The zero-order valence-corrected chi connectivity index (χ0v) is 21.1. The van der Waals surface area contributed by atoms with Crippen LogP contribution in [0, 0.1) is 5.82 Å². The fraction of sp³-hybridized carbons (Fsp3) is 0.464. The molecule has 6 rings (SSSR count). The smallest absolute Gasteiger partial charge is 0.309 e. The van der Waals surface area contributed by atoms with E-state index >= 15 is 0 Å². The van der Waals surface area contributed by atoms with Gasteiger partial charge in [0, 0.05) is 23.6 Å². The average molecular weight is 508 g/mol. The van der Waals surface area contributed by atoms with Gasteiger partial charge in [-0.05, 0) is 55.6 Å². The molecule has 1 N–H and O–H groups in total. The normalized spacial score (nSPS) is 21.2. The number of piperidine rings is 1. The Balaban J connectivity index is 1.59. The highest BCUT2D eigenvalue weighted by Crippen LogP contribution is 2.41. The SMILES string of the molecule is CCC1(O)CC(=O)OCc2c1cc1n(c2=O)Cc2c-1nc1cc(F)c(OC)cc1c2CN1CCCCC1. The van der Waals surface area contributed by atoms with Crippen LogP contribution >= 0.6 is 0 Å². The molecule has 1 unspecified atom stereocenters. The molecule has 0 bridgehead atoms. The summed E-state index contributed by atoms with van der Waals surface area (Å²) in [4.78, 5) is 33.2. The molecule has 194 valence electrons. The summed E-state index contributed by atoms with van der Waals surface area (Å²) in [6.07, 6.45) is 3.50. The van der Waals surface area contributed by atoms with E-state index in [-0.39, 0.29) is 30.8 Å². The number of hydrogen-bond acceptors (Lipinski definition) is 7. The Kier molecular flexibility index (Phi) is 5.80. The quantitative estimate of drug-likeness (QED) is 0.422. The molecule has 0 spiro atoms. The largest absolute Gasteiger partial charge is 0.494 e. The number of rotatable bonds is 4. The summed E-state index contributed by atoms with van der Waals surface area (Å²) in [6, 6.07) is 4.86. The second kappa shape index (κ2) is 8.92. The molecule has 37 heavy (non-hydrogen) atoms. The van der Waals surface area contributed by atoms with E-state index in [9.17, 15) is 19.1 Å². The summed E-state index contributed by atoms with van der Waals surface area (Å²) in [5.74, 6) is -0.883. The number of nitrogens with zero attached hydrogens (tertiary/aromatic N) is 3. The lowest BCUT2D eigenvalue weighted by Gasteiger charge is -2.28. The molecule has 1 aromatic carbocycles. The van der Waals surface area contributed by atoms with Crippen LogP contribution in [0.3, 0.4) is 0 Å². The molecular formula is C28H30FN3O5. The molecule has 0 saturated carbocycles. The Morgan fingerprint density at radius 3 is 2.68 bits per heavy atom. The second-order valence-electron chi connectivity index (χ2n) is 10.3. The van der Waals surface area contributed by atoms with Crippen LogP contribution in [0.2, 0.25) is 0 Å². The highest BCUT2D eigenvalue weighted by molar-refractivity contribution is 5.89. The van der Waals surface area contributed by atoms with Gasteiger partial charge in [-0.1, -0.05) is 13.3 Å². The Hall–Kier alpha value is -3.30. The van der Waals surface area contributed by atoms with Gasteiger partial charge in [0.2, 0.25) is 0 Å². The molecule has 5 heterocycles. The van der Waals surface area contributed by atoms with Crippen LogP contribution in [-0.4, -0.2) is 45.7 Å². The molecule has 8 nitrogen and oxygen atoms in total. The molecule has 0 aliphatic carbocycles.